The van der Waals surface area contributed by atoms with Gasteiger partial charge in [-0.25, -0.2) is 13.6 Å². The van der Waals surface area contributed by atoms with Crippen molar-refractivity contribution in [3.05, 3.63) is 75.9 Å². The van der Waals surface area contributed by atoms with E-state index >= 15 is 0 Å². The Morgan fingerprint density at radius 3 is 2.59 bits per heavy atom. The maximum absolute atomic E-state index is 13.3. The third-order valence-corrected chi connectivity index (χ3v) is 2.63. The maximum atomic E-state index is 13.3. The van der Waals surface area contributed by atoms with Gasteiger partial charge in [-0.15, -0.1) is 0 Å². The first-order valence-corrected chi connectivity index (χ1v) is 6.06. The lowest BCUT2D eigenvalue weighted by molar-refractivity contribution is -0.385. The summed E-state index contributed by atoms with van der Waals surface area (Å²) in [5, 5.41) is 10.8. The van der Waals surface area contributed by atoms with Gasteiger partial charge in [0.15, 0.2) is 0 Å². The number of nitrogens with zero attached hydrogens (tertiary/aromatic N) is 1. The molecular weight excluding hydrogens is 296 g/mol. The van der Waals surface area contributed by atoms with Gasteiger partial charge in [-0.05, 0) is 18.2 Å². The number of esters is 1. The fraction of sp³-hybridized carbons (Fsp3) is 0. The molecule has 0 spiro atoms. The van der Waals surface area contributed by atoms with E-state index in [0.29, 0.717) is 0 Å². The minimum absolute atomic E-state index is 0.146. The number of carbonyl (C=O) groups is 1. The van der Waals surface area contributed by atoms with E-state index in [1.165, 1.54) is 18.2 Å². The van der Waals surface area contributed by atoms with E-state index in [4.69, 9.17) is 4.74 Å². The van der Waals surface area contributed by atoms with Crippen molar-refractivity contribution in [2.75, 3.05) is 0 Å². The van der Waals surface area contributed by atoms with E-state index in [1.54, 1.807) is 6.07 Å². The zero-order valence-electron chi connectivity index (χ0n) is 11.0. The lowest BCUT2D eigenvalue weighted by Crippen LogP contribution is -2.06. The molecule has 7 heteroatoms. The van der Waals surface area contributed by atoms with E-state index in [-0.39, 0.29) is 5.56 Å². The Morgan fingerprint density at radius 1 is 1.18 bits per heavy atom. The Balaban J connectivity index is 2.18. The third-order valence-electron chi connectivity index (χ3n) is 2.63. The summed E-state index contributed by atoms with van der Waals surface area (Å²) in [6.45, 7) is 0. The van der Waals surface area contributed by atoms with Gasteiger partial charge >= 0.3 is 11.7 Å². The van der Waals surface area contributed by atoms with E-state index < -0.39 is 34.0 Å². The van der Waals surface area contributed by atoms with Crippen LogP contribution in [0, 0.1) is 21.7 Å². The fourth-order valence-corrected chi connectivity index (χ4v) is 1.63. The van der Waals surface area contributed by atoms with Crippen molar-refractivity contribution < 1.29 is 23.2 Å². The number of carbonyl (C=O) groups excluding carboxylic acids is 1. The average Bonchev–Trinajstić information content (AvgIpc) is 2.46. The van der Waals surface area contributed by atoms with Gasteiger partial charge in [-0.2, -0.15) is 0 Å². The number of nitro benzene ring substituents is 1. The highest BCUT2D eigenvalue weighted by atomic mass is 19.1. The molecule has 2 aromatic carbocycles. The smallest absolute Gasteiger partial charge is 0.336 e. The molecule has 0 saturated carbocycles. The largest absolute Gasteiger partial charge is 0.416 e. The van der Waals surface area contributed by atoms with Crippen LogP contribution >= 0.6 is 0 Å². The van der Waals surface area contributed by atoms with Gasteiger partial charge in [0.25, 0.3) is 0 Å². The minimum atomic E-state index is -0.989. The van der Waals surface area contributed by atoms with E-state index in [1.807, 2.05) is 0 Å². The van der Waals surface area contributed by atoms with Crippen molar-refractivity contribution in [3.63, 3.8) is 0 Å². The molecule has 0 N–H and O–H groups in total. The van der Waals surface area contributed by atoms with Gasteiger partial charge in [0.1, 0.15) is 11.6 Å². The summed E-state index contributed by atoms with van der Waals surface area (Å²) in [7, 11) is 0. The summed E-state index contributed by atoms with van der Waals surface area (Å²) in [5.41, 5.74) is -0.401. The second kappa shape index (κ2) is 6.57. The van der Waals surface area contributed by atoms with Crippen LogP contribution in [0.4, 0.5) is 14.5 Å². The highest BCUT2D eigenvalue weighted by Crippen LogP contribution is 2.27. The Kier molecular flexibility index (Phi) is 4.57. The molecular formula is C15H9F2NO4. The molecule has 112 valence electrons. The predicted molar refractivity (Wildman–Crippen MR) is 74.1 cm³/mol. The first kappa shape index (κ1) is 15.3. The Labute approximate surface area is 123 Å². The Hall–Kier alpha value is -3.09. The van der Waals surface area contributed by atoms with Crippen molar-refractivity contribution in [3.8, 4) is 5.75 Å². The van der Waals surface area contributed by atoms with Crippen LogP contribution in [0.3, 0.4) is 0 Å². The number of nitro groups is 1. The fourth-order valence-electron chi connectivity index (χ4n) is 1.63. The van der Waals surface area contributed by atoms with Crippen molar-refractivity contribution in [2.45, 2.75) is 0 Å². The molecule has 0 unspecified atom stereocenters. The monoisotopic (exact) mass is 305 g/mol. The summed E-state index contributed by atoms with van der Waals surface area (Å²) in [6.07, 6.45) is 2.05. The lowest BCUT2D eigenvalue weighted by atomic mass is 10.2. The number of ether oxygens (including phenoxy) is 1. The number of hydrogen-bond acceptors (Lipinski definition) is 4. The van der Waals surface area contributed by atoms with Gasteiger partial charge in [0.2, 0.25) is 5.75 Å². The molecule has 5 nitrogen and oxygen atoms in total. The minimum Gasteiger partial charge on any atom is -0.416 e. The molecule has 0 aromatic heterocycles. The molecule has 0 radical (unpaired) electrons. The maximum Gasteiger partial charge on any atom is 0.336 e. The van der Waals surface area contributed by atoms with Crippen molar-refractivity contribution >= 4 is 17.7 Å². The standard InChI is InChI=1S/C15H9F2NO4/c16-11-6-7-13(18(20)21)14(9-11)22-15(19)8-5-10-3-1-2-4-12(10)17/h1-9H. The first-order chi connectivity index (χ1) is 10.5. The van der Waals surface area contributed by atoms with Gasteiger partial charge in [0.05, 0.1) is 4.92 Å². The molecule has 2 rings (SSSR count). The highest BCUT2D eigenvalue weighted by Gasteiger charge is 2.18. The van der Waals surface area contributed by atoms with E-state index in [2.05, 4.69) is 0 Å². The molecule has 2 aromatic rings. The predicted octanol–water partition coefficient (Wildman–Crippen LogP) is 3.49. The summed E-state index contributed by atoms with van der Waals surface area (Å²) in [6, 6.07) is 8.20. The van der Waals surface area contributed by atoms with Crippen LogP contribution in [-0.4, -0.2) is 10.9 Å². The number of rotatable bonds is 4. The molecule has 0 aliphatic carbocycles. The van der Waals surface area contributed by atoms with Crippen LogP contribution in [0.1, 0.15) is 5.56 Å². The normalized spacial score (nSPS) is 10.6. The number of benzene rings is 2. The topological polar surface area (TPSA) is 69.4 Å². The zero-order valence-corrected chi connectivity index (χ0v) is 11.0. The Bertz CT molecular complexity index is 759. The lowest BCUT2D eigenvalue weighted by Gasteiger charge is -2.02. The van der Waals surface area contributed by atoms with Crippen molar-refractivity contribution in [2.24, 2.45) is 0 Å². The van der Waals surface area contributed by atoms with E-state index in [9.17, 15) is 23.7 Å². The van der Waals surface area contributed by atoms with Crippen LogP contribution in [0.5, 0.6) is 5.75 Å². The molecule has 0 aliphatic heterocycles. The molecule has 0 fully saturated rings. The molecule has 0 atom stereocenters. The molecule has 0 amide bonds. The zero-order chi connectivity index (χ0) is 16.1. The van der Waals surface area contributed by atoms with E-state index in [0.717, 1.165) is 30.4 Å². The van der Waals surface area contributed by atoms with Crippen LogP contribution in [0.25, 0.3) is 6.08 Å². The van der Waals surface area contributed by atoms with Gasteiger partial charge in [-0.1, -0.05) is 18.2 Å². The molecule has 22 heavy (non-hydrogen) atoms. The highest BCUT2D eigenvalue weighted by molar-refractivity contribution is 5.89. The number of hydrogen-bond donors (Lipinski definition) is 0. The SMILES string of the molecule is O=C(C=Cc1ccccc1F)Oc1cc(F)ccc1[N+](=O)[O-]. The van der Waals surface area contributed by atoms with Gasteiger partial charge in [-0.3, -0.25) is 10.1 Å². The van der Waals surface area contributed by atoms with Gasteiger partial charge in [0, 0.05) is 23.8 Å². The number of halogens is 2. The molecule has 0 saturated heterocycles. The second-order valence-corrected chi connectivity index (χ2v) is 4.15. The second-order valence-electron chi connectivity index (χ2n) is 4.15. The molecule has 0 aliphatic rings. The van der Waals surface area contributed by atoms with Crippen LogP contribution < -0.4 is 4.74 Å². The quantitative estimate of drug-likeness (QED) is 0.285. The van der Waals surface area contributed by atoms with Crippen molar-refractivity contribution in [1.29, 1.82) is 0 Å². The van der Waals surface area contributed by atoms with Crippen LogP contribution in [0.15, 0.2) is 48.5 Å². The molecule has 0 heterocycles. The first-order valence-electron chi connectivity index (χ1n) is 6.06. The molecule has 0 bridgehead atoms. The summed E-state index contributed by atoms with van der Waals surface area (Å²) in [5.74, 6) is -2.83. The summed E-state index contributed by atoms with van der Waals surface area (Å²) < 4.78 is 31.2. The van der Waals surface area contributed by atoms with Gasteiger partial charge < -0.3 is 4.74 Å². The summed E-state index contributed by atoms with van der Waals surface area (Å²) >= 11 is 0. The average molecular weight is 305 g/mol. The van der Waals surface area contributed by atoms with Crippen LogP contribution in [0.2, 0.25) is 0 Å². The summed E-state index contributed by atoms with van der Waals surface area (Å²) in [4.78, 5) is 21.6. The Morgan fingerprint density at radius 2 is 1.91 bits per heavy atom. The van der Waals surface area contributed by atoms with Crippen molar-refractivity contribution in [1.82, 2.24) is 0 Å². The third kappa shape index (κ3) is 3.72. The van der Waals surface area contributed by atoms with Crippen LogP contribution in [-0.2, 0) is 4.79 Å².